The van der Waals surface area contributed by atoms with E-state index in [0.717, 1.165) is 6.42 Å². The third-order valence-electron chi connectivity index (χ3n) is 3.44. The highest BCUT2D eigenvalue weighted by Gasteiger charge is 2.44. The minimum Gasteiger partial charge on any atom is -0.480 e. The van der Waals surface area contributed by atoms with Gasteiger partial charge in [-0.05, 0) is 26.2 Å². The van der Waals surface area contributed by atoms with E-state index in [1.807, 2.05) is 34.6 Å². The van der Waals surface area contributed by atoms with E-state index in [9.17, 15) is 14.7 Å². The van der Waals surface area contributed by atoms with E-state index >= 15 is 0 Å². The summed E-state index contributed by atoms with van der Waals surface area (Å²) in [6, 6.07) is -0.772. The van der Waals surface area contributed by atoms with Gasteiger partial charge in [0.1, 0.15) is 6.04 Å². The summed E-state index contributed by atoms with van der Waals surface area (Å²) in [6.07, 6.45) is 0.870. The van der Waals surface area contributed by atoms with Crippen LogP contribution in [0.3, 0.4) is 0 Å². The molecule has 0 bridgehead atoms. The molecular weight excluding hydrogens is 276 g/mol. The van der Waals surface area contributed by atoms with Crippen LogP contribution in [-0.2, 0) is 4.79 Å². The van der Waals surface area contributed by atoms with Gasteiger partial charge < -0.3 is 10.0 Å². The number of hydrogen-bond donors (Lipinski definition) is 1. The average Bonchev–Trinajstić information content (AvgIpc) is 2.79. The Hall–Kier alpha value is -0.910. The molecular formula is C14H26N2O3S. The first-order valence-corrected chi connectivity index (χ1v) is 8.29. The van der Waals surface area contributed by atoms with Gasteiger partial charge in [-0.3, -0.25) is 4.90 Å². The van der Waals surface area contributed by atoms with Gasteiger partial charge in [-0.2, -0.15) is 0 Å². The molecule has 2 atom stereocenters. The molecule has 1 aliphatic heterocycles. The molecule has 0 radical (unpaired) electrons. The van der Waals surface area contributed by atoms with Gasteiger partial charge >= 0.3 is 12.0 Å². The number of nitrogens with zero attached hydrogens (tertiary/aromatic N) is 2. The Kier molecular flexibility index (Phi) is 6.17. The van der Waals surface area contributed by atoms with Crippen LogP contribution < -0.4 is 0 Å². The molecule has 1 rings (SSSR count). The van der Waals surface area contributed by atoms with Crippen molar-refractivity contribution in [3.63, 3.8) is 0 Å². The van der Waals surface area contributed by atoms with Gasteiger partial charge in [-0.25, -0.2) is 9.59 Å². The van der Waals surface area contributed by atoms with Gasteiger partial charge in [0.2, 0.25) is 0 Å². The summed E-state index contributed by atoms with van der Waals surface area (Å²) in [5, 5.41) is 9.30. The number of carboxylic acids is 1. The van der Waals surface area contributed by atoms with Gasteiger partial charge in [-0.15, -0.1) is 11.8 Å². The van der Waals surface area contributed by atoms with E-state index in [-0.39, 0.29) is 23.4 Å². The number of aliphatic carboxylic acids is 1. The van der Waals surface area contributed by atoms with Crippen molar-refractivity contribution in [3.8, 4) is 0 Å². The zero-order chi connectivity index (χ0) is 15.4. The molecule has 1 fully saturated rings. The van der Waals surface area contributed by atoms with Crippen LogP contribution in [-0.4, -0.2) is 56.7 Å². The fourth-order valence-corrected chi connectivity index (χ4v) is 3.90. The molecule has 1 heterocycles. The number of rotatable bonds is 5. The van der Waals surface area contributed by atoms with E-state index < -0.39 is 12.0 Å². The number of carbonyl (C=O) groups is 2. The van der Waals surface area contributed by atoms with Crippen LogP contribution >= 0.6 is 11.8 Å². The number of hydrogen-bond acceptors (Lipinski definition) is 3. The predicted molar refractivity (Wildman–Crippen MR) is 81.9 cm³/mol. The fraction of sp³-hybridized carbons (Fsp3) is 0.857. The van der Waals surface area contributed by atoms with Gasteiger partial charge in [-0.1, -0.05) is 20.8 Å². The molecule has 6 heteroatoms. The van der Waals surface area contributed by atoms with Crippen LogP contribution in [0.1, 0.15) is 41.0 Å². The minimum atomic E-state index is -0.908. The van der Waals surface area contributed by atoms with Gasteiger partial charge in [0.05, 0.1) is 5.37 Å². The van der Waals surface area contributed by atoms with E-state index in [1.54, 1.807) is 21.6 Å². The minimum absolute atomic E-state index is 0.0540. The zero-order valence-corrected chi connectivity index (χ0v) is 13.8. The second-order valence-electron chi connectivity index (χ2n) is 5.80. The Morgan fingerprint density at radius 3 is 2.35 bits per heavy atom. The number of carboxylic acid groups (broad SMARTS) is 1. The SMILES string of the molecule is CCCN(C(=O)N1C(C(=O)O)CSC1C(C)C)C(C)C. The molecule has 2 amide bonds. The number of amides is 2. The second-order valence-corrected chi connectivity index (χ2v) is 6.95. The number of urea groups is 1. The normalized spacial score (nSPS) is 22.6. The van der Waals surface area contributed by atoms with Crippen molar-refractivity contribution in [1.29, 1.82) is 0 Å². The third kappa shape index (κ3) is 3.59. The lowest BCUT2D eigenvalue weighted by molar-refractivity contribution is -0.141. The van der Waals surface area contributed by atoms with Crippen LogP contribution in [0.2, 0.25) is 0 Å². The second kappa shape index (κ2) is 7.20. The average molecular weight is 302 g/mol. The standard InChI is InChI=1S/C14H26N2O3S/c1-6-7-15(10(4)5)14(19)16-11(13(17)18)8-20-12(16)9(2)3/h9-12H,6-8H2,1-5H3,(H,17,18). The van der Waals surface area contributed by atoms with Crippen molar-refractivity contribution < 1.29 is 14.7 Å². The summed E-state index contributed by atoms with van der Waals surface area (Å²) in [5.74, 6) is -0.194. The van der Waals surface area contributed by atoms with Crippen LogP contribution in [0.4, 0.5) is 4.79 Å². The summed E-state index contributed by atoms with van der Waals surface area (Å²) in [6.45, 7) is 10.7. The molecule has 5 nitrogen and oxygen atoms in total. The quantitative estimate of drug-likeness (QED) is 0.848. The van der Waals surface area contributed by atoms with E-state index in [2.05, 4.69) is 0 Å². The predicted octanol–water partition coefficient (Wildman–Crippen LogP) is 2.71. The molecule has 0 spiro atoms. The number of thioether (sulfide) groups is 1. The van der Waals surface area contributed by atoms with Gasteiger partial charge in [0.25, 0.3) is 0 Å². The Morgan fingerprint density at radius 2 is 1.95 bits per heavy atom. The first-order chi connectivity index (χ1) is 9.31. The lowest BCUT2D eigenvalue weighted by Crippen LogP contribution is -2.54. The lowest BCUT2D eigenvalue weighted by atomic mass is 10.1. The Morgan fingerprint density at radius 1 is 1.35 bits per heavy atom. The van der Waals surface area contributed by atoms with Crippen LogP contribution in [0.25, 0.3) is 0 Å². The third-order valence-corrected chi connectivity index (χ3v) is 5.07. The molecule has 0 aromatic heterocycles. The maximum atomic E-state index is 12.8. The van der Waals surface area contributed by atoms with E-state index in [4.69, 9.17) is 0 Å². The van der Waals surface area contributed by atoms with E-state index in [1.165, 1.54) is 0 Å². The molecule has 1 aliphatic rings. The molecule has 1 saturated heterocycles. The van der Waals surface area contributed by atoms with Crippen molar-refractivity contribution in [2.24, 2.45) is 5.92 Å². The molecule has 0 aliphatic carbocycles. The van der Waals surface area contributed by atoms with Crippen molar-refractivity contribution in [2.75, 3.05) is 12.3 Å². The van der Waals surface area contributed by atoms with Gasteiger partial charge in [0, 0.05) is 18.3 Å². The van der Waals surface area contributed by atoms with Crippen molar-refractivity contribution in [3.05, 3.63) is 0 Å². The topological polar surface area (TPSA) is 60.9 Å². The Bertz CT molecular complexity index is 360. The fourth-order valence-electron chi connectivity index (χ4n) is 2.44. The largest absolute Gasteiger partial charge is 0.480 e. The highest BCUT2D eigenvalue weighted by atomic mass is 32.2. The lowest BCUT2D eigenvalue weighted by Gasteiger charge is -2.36. The van der Waals surface area contributed by atoms with E-state index in [0.29, 0.717) is 12.3 Å². The summed E-state index contributed by atoms with van der Waals surface area (Å²) in [7, 11) is 0. The number of carbonyl (C=O) groups excluding carboxylic acids is 1. The smallest absolute Gasteiger partial charge is 0.327 e. The van der Waals surface area contributed by atoms with Crippen molar-refractivity contribution in [1.82, 2.24) is 9.80 Å². The van der Waals surface area contributed by atoms with Crippen LogP contribution in [0.5, 0.6) is 0 Å². The Labute approximate surface area is 125 Å². The zero-order valence-electron chi connectivity index (χ0n) is 13.0. The maximum absolute atomic E-state index is 12.8. The first-order valence-electron chi connectivity index (χ1n) is 7.24. The highest BCUT2D eigenvalue weighted by Crippen LogP contribution is 2.35. The monoisotopic (exact) mass is 302 g/mol. The summed E-state index contributed by atoms with van der Waals surface area (Å²) >= 11 is 1.57. The summed E-state index contributed by atoms with van der Waals surface area (Å²) < 4.78 is 0. The summed E-state index contributed by atoms with van der Waals surface area (Å²) in [4.78, 5) is 27.5. The van der Waals surface area contributed by atoms with Crippen molar-refractivity contribution >= 4 is 23.8 Å². The molecule has 1 N–H and O–H groups in total. The Balaban J connectivity index is 3.01. The molecule has 20 heavy (non-hydrogen) atoms. The maximum Gasteiger partial charge on any atom is 0.327 e. The molecule has 116 valence electrons. The van der Waals surface area contributed by atoms with Crippen molar-refractivity contribution in [2.45, 2.75) is 58.5 Å². The van der Waals surface area contributed by atoms with Gasteiger partial charge in [0.15, 0.2) is 0 Å². The molecule has 0 aromatic rings. The molecule has 2 unspecified atom stereocenters. The highest BCUT2D eigenvalue weighted by molar-refractivity contribution is 8.00. The first kappa shape index (κ1) is 17.1. The molecule has 0 saturated carbocycles. The summed E-state index contributed by atoms with van der Waals surface area (Å²) in [5.41, 5.74) is 0. The van der Waals surface area contributed by atoms with Crippen LogP contribution in [0.15, 0.2) is 0 Å². The van der Waals surface area contributed by atoms with Crippen LogP contribution in [0, 0.1) is 5.92 Å². The molecule has 0 aromatic carbocycles.